The summed E-state index contributed by atoms with van der Waals surface area (Å²) in [6.07, 6.45) is 0. The van der Waals surface area contributed by atoms with Crippen molar-refractivity contribution in [2.24, 2.45) is 0 Å². The Morgan fingerprint density at radius 2 is 1.68 bits per heavy atom. The van der Waals surface area contributed by atoms with Crippen LogP contribution in [0.4, 0.5) is 0 Å². The molecule has 2 rings (SSSR count). The minimum atomic E-state index is -0.00332. The van der Waals surface area contributed by atoms with Gasteiger partial charge in [0.2, 0.25) is 0 Å². The molecule has 0 saturated carbocycles. The lowest BCUT2D eigenvalue weighted by molar-refractivity contribution is 0.101. The molecule has 2 aromatic rings. The van der Waals surface area contributed by atoms with Crippen molar-refractivity contribution in [3.63, 3.8) is 0 Å². The molecule has 0 heterocycles. The first-order chi connectivity index (χ1) is 9.10. The smallest absolute Gasteiger partial charge is 0.169 e. The SMILES string of the molecule is COc1ccc(C(C)=O)cc1Oc1ccc(C)cc1. The molecule has 0 aromatic heterocycles. The van der Waals surface area contributed by atoms with E-state index in [2.05, 4.69) is 0 Å². The summed E-state index contributed by atoms with van der Waals surface area (Å²) in [5, 5.41) is 0. The Labute approximate surface area is 112 Å². The van der Waals surface area contributed by atoms with Crippen LogP contribution in [0.2, 0.25) is 0 Å². The van der Waals surface area contributed by atoms with Crippen molar-refractivity contribution in [3.8, 4) is 17.2 Å². The van der Waals surface area contributed by atoms with Crippen LogP contribution in [0.25, 0.3) is 0 Å². The maximum Gasteiger partial charge on any atom is 0.169 e. The number of carbonyl (C=O) groups is 1. The highest BCUT2D eigenvalue weighted by atomic mass is 16.5. The van der Waals surface area contributed by atoms with E-state index >= 15 is 0 Å². The predicted octanol–water partition coefficient (Wildman–Crippen LogP) is 4.00. The number of aryl methyl sites for hydroxylation is 1. The second kappa shape index (κ2) is 5.57. The number of hydrogen-bond acceptors (Lipinski definition) is 3. The van der Waals surface area contributed by atoms with Crippen LogP contribution in [0.15, 0.2) is 42.5 Å². The first-order valence-corrected chi connectivity index (χ1v) is 6.03. The van der Waals surface area contributed by atoms with Gasteiger partial charge in [0.05, 0.1) is 7.11 Å². The average Bonchev–Trinajstić information content (AvgIpc) is 2.41. The van der Waals surface area contributed by atoms with E-state index in [4.69, 9.17) is 9.47 Å². The molecule has 0 spiro atoms. The molecule has 0 aliphatic heterocycles. The molecule has 0 saturated heterocycles. The van der Waals surface area contributed by atoms with E-state index in [1.165, 1.54) is 6.92 Å². The third-order valence-electron chi connectivity index (χ3n) is 2.82. The van der Waals surface area contributed by atoms with E-state index < -0.39 is 0 Å². The Balaban J connectivity index is 2.34. The molecule has 0 unspecified atom stereocenters. The molecule has 19 heavy (non-hydrogen) atoms. The summed E-state index contributed by atoms with van der Waals surface area (Å²) in [5.74, 6) is 1.85. The molecule has 0 N–H and O–H groups in total. The first kappa shape index (κ1) is 13.1. The molecule has 0 radical (unpaired) electrons. The molecule has 0 amide bonds. The van der Waals surface area contributed by atoms with Gasteiger partial charge in [0.15, 0.2) is 17.3 Å². The van der Waals surface area contributed by atoms with Gasteiger partial charge in [-0.1, -0.05) is 17.7 Å². The maximum atomic E-state index is 11.4. The number of methoxy groups -OCH3 is 1. The van der Waals surface area contributed by atoms with Crippen molar-refractivity contribution >= 4 is 5.78 Å². The van der Waals surface area contributed by atoms with E-state index in [0.717, 1.165) is 5.56 Å². The Kier molecular flexibility index (Phi) is 3.85. The largest absolute Gasteiger partial charge is 0.493 e. The van der Waals surface area contributed by atoms with E-state index in [0.29, 0.717) is 22.8 Å². The van der Waals surface area contributed by atoms with E-state index in [1.807, 2.05) is 31.2 Å². The highest BCUT2D eigenvalue weighted by Gasteiger charge is 2.09. The van der Waals surface area contributed by atoms with Crippen molar-refractivity contribution in [1.82, 2.24) is 0 Å². The van der Waals surface area contributed by atoms with Crippen molar-refractivity contribution in [2.75, 3.05) is 7.11 Å². The van der Waals surface area contributed by atoms with Crippen LogP contribution in [-0.2, 0) is 0 Å². The van der Waals surface area contributed by atoms with Crippen LogP contribution in [-0.4, -0.2) is 12.9 Å². The minimum Gasteiger partial charge on any atom is -0.493 e. The standard InChI is InChI=1S/C16H16O3/c1-11-4-7-14(8-5-11)19-16-10-13(12(2)17)6-9-15(16)18-3/h4-10H,1-3H3. The van der Waals surface area contributed by atoms with Crippen LogP contribution in [0.5, 0.6) is 17.2 Å². The molecule has 0 bridgehead atoms. The van der Waals surface area contributed by atoms with Gasteiger partial charge in [0.25, 0.3) is 0 Å². The maximum absolute atomic E-state index is 11.4. The number of ketones is 1. The fourth-order valence-corrected chi connectivity index (χ4v) is 1.71. The number of rotatable bonds is 4. The molecule has 0 aliphatic carbocycles. The highest BCUT2D eigenvalue weighted by molar-refractivity contribution is 5.94. The van der Waals surface area contributed by atoms with Gasteiger partial charge >= 0.3 is 0 Å². The van der Waals surface area contributed by atoms with Crippen molar-refractivity contribution in [3.05, 3.63) is 53.6 Å². The second-order valence-corrected chi connectivity index (χ2v) is 4.34. The topological polar surface area (TPSA) is 35.5 Å². The summed E-state index contributed by atoms with van der Waals surface area (Å²) in [5.41, 5.74) is 1.76. The normalized spacial score (nSPS) is 10.1. The summed E-state index contributed by atoms with van der Waals surface area (Å²) in [7, 11) is 1.57. The van der Waals surface area contributed by atoms with Gasteiger partial charge in [-0.2, -0.15) is 0 Å². The third kappa shape index (κ3) is 3.13. The summed E-state index contributed by atoms with van der Waals surface area (Å²) < 4.78 is 11.0. The third-order valence-corrected chi connectivity index (χ3v) is 2.82. The lowest BCUT2D eigenvalue weighted by Crippen LogP contribution is -1.96. The molecule has 2 aromatic carbocycles. The summed E-state index contributed by atoms with van der Waals surface area (Å²) in [6.45, 7) is 3.54. The van der Waals surface area contributed by atoms with Crippen LogP contribution >= 0.6 is 0 Å². The fourth-order valence-electron chi connectivity index (χ4n) is 1.71. The zero-order chi connectivity index (χ0) is 13.8. The average molecular weight is 256 g/mol. The zero-order valence-corrected chi connectivity index (χ0v) is 11.3. The van der Waals surface area contributed by atoms with Crippen LogP contribution in [0.1, 0.15) is 22.8 Å². The molecule has 3 heteroatoms. The quantitative estimate of drug-likeness (QED) is 0.776. The van der Waals surface area contributed by atoms with Gasteiger partial charge in [0.1, 0.15) is 5.75 Å². The molecule has 0 atom stereocenters. The van der Waals surface area contributed by atoms with Crippen molar-refractivity contribution < 1.29 is 14.3 Å². The fraction of sp³-hybridized carbons (Fsp3) is 0.188. The van der Waals surface area contributed by atoms with Gasteiger partial charge in [-0.25, -0.2) is 0 Å². The highest BCUT2D eigenvalue weighted by Crippen LogP contribution is 2.32. The molecule has 98 valence electrons. The van der Waals surface area contributed by atoms with Crippen LogP contribution in [0, 0.1) is 6.92 Å². The lowest BCUT2D eigenvalue weighted by atomic mass is 10.1. The monoisotopic (exact) mass is 256 g/mol. The Morgan fingerprint density at radius 3 is 2.26 bits per heavy atom. The second-order valence-electron chi connectivity index (χ2n) is 4.34. The summed E-state index contributed by atoms with van der Waals surface area (Å²) in [6, 6.07) is 12.9. The summed E-state index contributed by atoms with van der Waals surface area (Å²) >= 11 is 0. The van der Waals surface area contributed by atoms with E-state index in [1.54, 1.807) is 25.3 Å². The number of benzene rings is 2. The lowest BCUT2D eigenvalue weighted by Gasteiger charge is -2.11. The summed E-state index contributed by atoms with van der Waals surface area (Å²) in [4.78, 5) is 11.4. The Bertz CT molecular complexity index is 585. The van der Waals surface area contributed by atoms with Crippen molar-refractivity contribution in [1.29, 1.82) is 0 Å². The van der Waals surface area contributed by atoms with Gasteiger partial charge in [-0.15, -0.1) is 0 Å². The zero-order valence-electron chi connectivity index (χ0n) is 11.3. The number of Topliss-reactive ketones (excluding diaryl/α,β-unsaturated/α-hetero) is 1. The van der Waals surface area contributed by atoms with E-state index in [9.17, 15) is 4.79 Å². The predicted molar refractivity (Wildman–Crippen MR) is 74.3 cm³/mol. The van der Waals surface area contributed by atoms with Gasteiger partial charge in [0, 0.05) is 5.56 Å². The van der Waals surface area contributed by atoms with Gasteiger partial charge in [-0.05, 0) is 44.2 Å². The Morgan fingerprint density at radius 1 is 1.00 bits per heavy atom. The minimum absolute atomic E-state index is 0.00332. The van der Waals surface area contributed by atoms with Gasteiger partial charge in [-0.3, -0.25) is 4.79 Å². The molecule has 0 fully saturated rings. The van der Waals surface area contributed by atoms with Crippen molar-refractivity contribution in [2.45, 2.75) is 13.8 Å². The van der Waals surface area contributed by atoms with Crippen LogP contribution in [0.3, 0.4) is 0 Å². The molecular formula is C16H16O3. The number of carbonyl (C=O) groups excluding carboxylic acids is 1. The Hall–Kier alpha value is -2.29. The number of hydrogen-bond donors (Lipinski definition) is 0. The number of ether oxygens (including phenoxy) is 2. The van der Waals surface area contributed by atoms with E-state index in [-0.39, 0.29) is 5.78 Å². The first-order valence-electron chi connectivity index (χ1n) is 6.03. The molecule has 0 aliphatic rings. The molecule has 3 nitrogen and oxygen atoms in total. The van der Waals surface area contributed by atoms with Gasteiger partial charge < -0.3 is 9.47 Å². The van der Waals surface area contributed by atoms with Crippen LogP contribution < -0.4 is 9.47 Å². The molecular weight excluding hydrogens is 240 g/mol.